The Morgan fingerprint density at radius 1 is 1.35 bits per heavy atom. The predicted octanol–water partition coefficient (Wildman–Crippen LogP) is 2.54. The number of benzene rings is 1. The van der Waals surface area contributed by atoms with E-state index in [1.807, 2.05) is 0 Å². The third kappa shape index (κ3) is 5.05. The van der Waals surface area contributed by atoms with Crippen molar-refractivity contribution in [1.29, 1.82) is 0 Å². The summed E-state index contributed by atoms with van der Waals surface area (Å²) in [5.74, 6) is -3.76. The lowest BCUT2D eigenvalue weighted by atomic mass is 10.1. The van der Waals surface area contributed by atoms with E-state index >= 15 is 0 Å². The minimum Gasteiger partial charge on any atom is -0.406 e. The predicted molar refractivity (Wildman–Crippen MR) is 71.0 cm³/mol. The van der Waals surface area contributed by atoms with Crippen molar-refractivity contribution in [3.05, 3.63) is 29.8 Å². The number of ether oxygens (including phenoxy) is 1. The second-order valence-electron chi connectivity index (χ2n) is 5.38. The number of halogens is 5. The van der Waals surface area contributed by atoms with Gasteiger partial charge in [0.25, 0.3) is 5.92 Å². The van der Waals surface area contributed by atoms with Crippen LogP contribution in [0.25, 0.3) is 0 Å². The zero-order valence-corrected chi connectivity index (χ0v) is 12.2. The average molecular weight is 338 g/mol. The average Bonchev–Trinajstić information content (AvgIpc) is 2.78. The third-order valence-electron chi connectivity index (χ3n) is 3.36. The molecule has 1 heterocycles. The normalized spacial score (nSPS) is 20.3. The van der Waals surface area contributed by atoms with E-state index in [1.54, 1.807) is 0 Å². The summed E-state index contributed by atoms with van der Waals surface area (Å²) < 4.78 is 66.1. The first-order valence-corrected chi connectivity index (χ1v) is 6.77. The largest absolute Gasteiger partial charge is 0.573 e. The molecule has 0 saturated carbocycles. The Balaban J connectivity index is 1.92. The van der Waals surface area contributed by atoms with Crippen molar-refractivity contribution >= 4 is 5.91 Å². The highest BCUT2D eigenvalue weighted by atomic mass is 19.4. The van der Waals surface area contributed by atoms with Gasteiger partial charge in [0.2, 0.25) is 5.91 Å². The van der Waals surface area contributed by atoms with E-state index in [9.17, 15) is 26.7 Å². The standard InChI is InChI=1S/C14H15F5N2O2/c1-21(12(22)11-6-13(15,16)8-20-11)7-9-2-4-10(5-3-9)23-14(17,18)19/h2-5,11,20H,6-8H2,1H3. The molecule has 2 rings (SSSR count). The molecule has 23 heavy (non-hydrogen) atoms. The molecule has 4 nitrogen and oxygen atoms in total. The van der Waals surface area contributed by atoms with Gasteiger partial charge >= 0.3 is 6.36 Å². The van der Waals surface area contributed by atoms with Crippen LogP contribution in [-0.2, 0) is 11.3 Å². The summed E-state index contributed by atoms with van der Waals surface area (Å²) in [6.07, 6.45) is -5.33. The summed E-state index contributed by atoms with van der Waals surface area (Å²) >= 11 is 0. The second-order valence-corrected chi connectivity index (χ2v) is 5.38. The third-order valence-corrected chi connectivity index (χ3v) is 3.36. The van der Waals surface area contributed by atoms with E-state index in [0.717, 1.165) is 12.1 Å². The van der Waals surface area contributed by atoms with Crippen LogP contribution in [0.5, 0.6) is 5.75 Å². The number of hydrogen-bond acceptors (Lipinski definition) is 3. The maximum absolute atomic E-state index is 13.1. The summed E-state index contributed by atoms with van der Waals surface area (Å²) in [7, 11) is 1.45. The molecule has 0 aromatic heterocycles. The summed E-state index contributed by atoms with van der Waals surface area (Å²) in [5, 5.41) is 2.46. The van der Waals surface area contributed by atoms with Gasteiger partial charge in [-0.25, -0.2) is 8.78 Å². The molecule has 1 aromatic carbocycles. The first kappa shape index (κ1) is 17.5. The van der Waals surface area contributed by atoms with Gasteiger partial charge in [-0.1, -0.05) is 12.1 Å². The molecule has 1 amide bonds. The zero-order valence-electron chi connectivity index (χ0n) is 12.2. The molecule has 1 atom stereocenters. The van der Waals surface area contributed by atoms with Crippen LogP contribution in [-0.4, -0.2) is 42.7 Å². The van der Waals surface area contributed by atoms with E-state index in [2.05, 4.69) is 10.1 Å². The number of carbonyl (C=O) groups is 1. The first-order valence-electron chi connectivity index (χ1n) is 6.77. The molecular formula is C14H15F5N2O2. The van der Waals surface area contributed by atoms with E-state index < -0.39 is 37.2 Å². The summed E-state index contributed by atoms with van der Waals surface area (Å²) in [4.78, 5) is 13.3. The summed E-state index contributed by atoms with van der Waals surface area (Å²) in [5.41, 5.74) is 0.556. The van der Waals surface area contributed by atoms with Gasteiger partial charge in [-0.2, -0.15) is 0 Å². The minimum atomic E-state index is -4.77. The fourth-order valence-electron chi connectivity index (χ4n) is 2.30. The summed E-state index contributed by atoms with van der Waals surface area (Å²) in [6.45, 7) is -0.449. The van der Waals surface area contributed by atoms with Gasteiger partial charge in [0.05, 0.1) is 12.6 Å². The highest BCUT2D eigenvalue weighted by Crippen LogP contribution is 2.26. The van der Waals surface area contributed by atoms with Gasteiger partial charge in [-0.05, 0) is 17.7 Å². The van der Waals surface area contributed by atoms with Crippen molar-refractivity contribution in [1.82, 2.24) is 10.2 Å². The van der Waals surface area contributed by atoms with E-state index in [-0.39, 0.29) is 12.3 Å². The molecule has 9 heteroatoms. The Kier molecular flexibility index (Phi) is 4.79. The number of nitrogens with one attached hydrogen (secondary N) is 1. The van der Waals surface area contributed by atoms with Gasteiger partial charge in [0, 0.05) is 20.0 Å². The molecule has 1 fully saturated rings. The topological polar surface area (TPSA) is 41.6 Å². The highest BCUT2D eigenvalue weighted by Gasteiger charge is 2.43. The van der Waals surface area contributed by atoms with Gasteiger partial charge in [0.15, 0.2) is 0 Å². The van der Waals surface area contributed by atoms with E-state index in [0.29, 0.717) is 5.56 Å². The molecule has 0 bridgehead atoms. The quantitative estimate of drug-likeness (QED) is 0.858. The van der Waals surface area contributed by atoms with Crippen LogP contribution in [0, 0.1) is 0 Å². The Morgan fingerprint density at radius 3 is 2.43 bits per heavy atom. The number of alkyl halides is 5. The van der Waals surface area contributed by atoms with Crippen molar-refractivity contribution in [3.8, 4) is 5.75 Å². The Morgan fingerprint density at radius 2 is 1.96 bits per heavy atom. The van der Waals surface area contributed by atoms with Crippen LogP contribution in [0.2, 0.25) is 0 Å². The van der Waals surface area contributed by atoms with Crippen LogP contribution in [0.4, 0.5) is 22.0 Å². The van der Waals surface area contributed by atoms with E-state index in [1.165, 1.54) is 24.1 Å². The SMILES string of the molecule is CN(Cc1ccc(OC(F)(F)F)cc1)C(=O)C1CC(F)(F)CN1. The number of rotatable bonds is 4. The Labute approximate surface area is 129 Å². The lowest BCUT2D eigenvalue weighted by Gasteiger charge is -2.21. The Hall–Kier alpha value is -1.90. The monoisotopic (exact) mass is 338 g/mol. The molecule has 0 radical (unpaired) electrons. The van der Waals surface area contributed by atoms with Gasteiger partial charge in [0.1, 0.15) is 5.75 Å². The smallest absolute Gasteiger partial charge is 0.406 e. The fourth-order valence-corrected chi connectivity index (χ4v) is 2.30. The van der Waals surface area contributed by atoms with E-state index in [4.69, 9.17) is 0 Å². The van der Waals surface area contributed by atoms with Gasteiger partial charge in [-0.3, -0.25) is 10.1 Å². The minimum absolute atomic E-state index is 0.0921. The molecule has 0 aliphatic carbocycles. The number of likely N-dealkylation sites (N-methyl/N-ethyl adjacent to an activating group) is 1. The molecule has 1 aliphatic rings. The van der Waals surface area contributed by atoms with Crippen LogP contribution in [0.1, 0.15) is 12.0 Å². The fraction of sp³-hybridized carbons (Fsp3) is 0.500. The molecular weight excluding hydrogens is 323 g/mol. The maximum Gasteiger partial charge on any atom is 0.573 e. The lowest BCUT2D eigenvalue weighted by Crippen LogP contribution is -2.41. The number of nitrogens with zero attached hydrogens (tertiary/aromatic N) is 1. The van der Waals surface area contributed by atoms with Crippen molar-refractivity contribution in [2.75, 3.05) is 13.6 Å². The van der Waals surface area contributed by atoms with Crippen molar-refractivity contribution in [3.63, 3.8) is 0 Å². The maximum atomic E-state index is 13.1. The summed E-state index contributed by atoms with van der Waals surface area (Å²) in [6, 6.07) is 4.05. The molecule has 1 N–H and O–H groups in total. The van der Waals surface area contributed by atoms with Crippen molar-refractivity contribution < 1.29 is 31.5 Å². The molecule has 1 saturated heterocycles. The van der Waals surface area contributed by atoms with Crippen molar-refractivity contribution in [2.24, 2.45) is 0 Å². The molecule has 1 aliphatic heterocycles. The van der Waals surface area contributed by atoms with Crippen LogP contribution >= 0.6 is 0 Å². The Bertz CT molecular complexity index is 559. The van der Waals surface area contributed by atoms with Gasteiger partial charge < -0.3 is 9.64 Å². The van der Waals surface area contributed by atoms with Crippen LogP contribution in [0.15, 0.2) is 24.3 Å². The second kappa shape index (κ2) is 6.31. The van der Waals surface area contributed by atoms with Gasteiger partial charge in [-0.15, -0.1) is 13.2 Å². The number of amides is 1. The first-order chi connectivity index (χ1) is 10.6. The molecule has 1 unspecified atom stereocenters. The molecule has 1 aromatic rings. The molecule has 0 spiro atoms. The molecule has 128 valence electrons. The van der Waals surface area contributed by atoms with Crippen molar-refractivity contribution in [2.45, 2.75) is 31.3 Å². The van der Waals surface area contributed by atoms with Crippen LogP contribution in [0.3, 0.4) is 0 Å². The van der Waals surface area contributed by atoms with Crippen LogP contribution < -0.4 is 10.1 Å². The number of carbonyl (C=O) groups excluding carboxylic acids is 1. The number of hydrogen-bond donors (Lipinski definition) is 1. The highest BCUT2D eigenvalue weighted by molar-refractivity contribution is 5.82. The zero-order chi connectivity index (χ0) is 17.3. The lowest BCUT2D eigenvalue weighted by molar-refractivity contribution is -0.274.